The molecule has 3 heteroatoms. The zero-order valence-electron chi connectivity index (χ0n) is 37.6. The van der Waals surface area contributed by atoms with Gasteiger partial charge in [-0.15, -0.1) is 0 Å². The van der Waals surface area contributed by atoms with Crippen molar-refractivity contribution in [1.82, 2.24) is 4.90 Å². The van der Waals surface area contributed by atoms with Crippen LogP contribution in [0.15, 0.2) is 42.0 Å². The molecule has 0 bridgehead atoms. The van der Waals surface area contributed by atoms with E-state index >= 15 is 0 Å². The Hall–Kier alpha value is -1.45. The SMILES string of the molecule is CCC1=C(C(C)(CC(C)(C)C(C)(C)C(C)(C)[CH]=[Nb])c2cc3c(cc2C)N(C)C2C(C)(C)C(C)C4(CC)C(C)C(C)CN5CCC32C54)C(C)c2ccccc21. The molecule has 2 aromatic rings. The number of benzene rings is 2. The fourth-order valence-corrected chi connectivity index (χ4v) is 16.1. The molecule has 2 aliphatic carbocycles. The van der Waals surface area contributed by atoms with E-state index in [1.807, 2.05) is 20.6 Å². The summed E-state index contributed by atoms with van der Waals surface area (Å²) in [5, 5.41) is 0. The van der Waals surface area contributed by atoms with Crippen LogP contribution >= 0.6 is 0 Å². The van der Waals surface area contributed by atoms with E-state index in [-0.39, 0.29) is 32.5 Å². The van der Waals surface area contributed by atoms with E-state index in [0.29, 0.717) is 35.3 Å². The Bertz CT molecular complexity index is 1880. The van der Waals surface area contributed by atoms with Crippen molar-refractivity contribution in [2.45, 2.75) is 165 Å². The van der Waals surface area contributed by atoms with Crippen LogP contribution in [0.5, 0.6) is 0 Å². The first kappa shape index (κ1) is 40.7. The zero-order chi connectivity index (χ0) is 39.9. The van der Waals surface area contributed by atoms with Crippen molar-refractivity contribution >= 4 is 15.5 Å². The molecule has 7 rings (SSSR count). The first-order valence-electron chi connectivity index (χ1n) is 21.9. The number of fused-ring (bicyclic) bond motifs is 2. The monoisotopic (exact) mass is 810 g/mol. The van der Waals surface area contributed by atoms with Gasteiger partial charge in [0.15, 0.2) is 0 Å². The third-order valence-electron chi connectivity index (χ3n) is 19.2. The number of likely N-dealkylation sites (N-methyl/N-ethyl adjacent to an activating group) is 1. The first-order valence-corrected chi connectivity index (χ1v) is 23.2. The van der Waals surface area contributed by atoms with Crippen LogP contribution in [0.3, 0.4) is 0 Å². The van der Waals surface area contributed by atoms with Gasteiger partial charge in [-0.2, -0.15) is 0 Å². The standard InChI is InChI=1S/C51H76N2.Nb/c1-19-36-38-24-22-21-23-37(38)33(5)42(36)49(17,30-46(11,12)48(15,16)45(8,9)10)39-28-40-41(27-31(39)3)52(18)43-47(13,14)35(7)50(20-2)34(6)32(4)29-53-26-25-51(40,43)44(50)53;/h8,21-24,27-28,32-35,43-44H,19-20,25-26,29-30H2,1-7,9-18H3;. The van der Waals surface area contributed by atoms with Gasteiger partial charge in [-0.3, -0.25) is 0 Å². The van der Waals surface area contributed by atoms with Gasteiger partial charge in [0.1, 0.15) is 0 Å². The van der Waals surface area contributed by atoms with Crippen molar-refractivity contribution in [1.29, 1.82) is 0 Å². The fourth-order valence-electron chi connectivity index (χ4n) is 15.3. The molecule has 3 heterocycles. The average Bonchev–Trinajstić information content (AvgIpc) is 3.71. The molecule has 3 aliphatic heterocycles. The molecule has 0 N–H and O–H groups in total. The maximum absolute atomic E-state index is 3.03. The number of aryl methyl sites for hydroxylation is 1. The number of hydrogen-bond acceptors (Lipinski definition) is 2. The third kappa shape index (κ3) is 4.88. The summed E-state index contributed by atoms with van der Waals surface area (Å²) in [7, 11) is 2.48. The van der Waals surface area contributed by atoms with E-state index in [9.17, 15) is 0 Å². The van der Waals surface area contributed by atoms with Crippen LogP contribution in [0.4, 0.5) is 5.69 Å². The molecule has 9 unspecified atom stereocenters. The van der Waals surface area contributed by atoms with Gasteiger partial charge in [0.05, 0.1) is 0 Å². The molecule has 9 atom stereocenters. The number of piperidine rings is 1. The van der Waals surface area contributed by atoms with Gasteiger partial charge in [0.25, 0.3) is 0 Å². The number of rotatable bonds is 9. The van der Waals surface area contributed by atoms with E-state index in [1.165, 1.54) is 48.3 Å². The Morgan fingerprint density at radius 2 is 1.57 bits per heavy atom. The Balaban J connectivity index is 1.53. The van der Waals surface area contributed by atoms with E-state index in [2.05, 4.69) is 168 Å². The van der Waals surface area contributed by atoms with Crippen molar-refractivity contribution in [2.75, 3.05) is 25.0 Å². The quantitative estimate of drug-likeness (QED) is 0.233. The number of hydrogen-bond donors (Lipinski definition) is 0. The number of allylic oxidation sites excluding steroid dienone is 2. The average molecular weight is 810 g/mol. The van der Waals surface area contributed by atoms with E-state index < -0.39 is 0 Å². The zero-order valence-corrected chi connectivity index (χ0v) is 39.8. The van der Waals surface area contributed by atoms with Crippen molar-refractivity contribution < 1.29 is 20.6 Å². The molecular weight excluding hydrogens is 733 g/mol. The summed E-state index contributed by atoms with van der Waals surface area (Å²) in [6, 6.07) is 16.0. The van der Waals surface area contributed by atoms with E-state index in [1.54, 1.807) is 22.3 Å². The van der Waals surface area contributed by atoms with Gasteiger partial charge >= 0.3 is 274 Å². The summed E-state index contributed by atoms with van der Waals surface area (Å²) >= 11 is 1.86. The fraction of sp³-hybridized carbons (Fsp3) is 0.706. The van der Waals surface area contributed by atoms with Crippen LogP contribution < -0.4 is 4.90 Å². The molecular formula is C51H76N2Nb. The number of nitrogens with zero attached hydrogens (tertiary/aromatic N) is 2. The Morgan fingerprint density at radius 1 is 0.926 bits per heavy atom. The second-order valence-electron chi connectivity index (χ2n) is 22.1. The van der Waals surface area contributed by atoms with Crippen LogP contribution in [0, 0.1) is 51.8 Å². The van der Waals surface area contributed by atoms with Crippen LogP contribution in [-0.4, -0.2) is 41.3 Å². The summed E-state index contributed by atoms with van der Waals surface area (Å²) in [6.07, 6.45) is 4.74. The molecule has 295 valence electrons. The van der Waals surface area contributed by atoms with Crippen molar-refractivity contribution in [3.05, 3.63) is 69.8 Å². The van der Waals surface area contributed by atoms with Crippen LogP contribution in [-0.2, 0) is 31.4 Å². The molecule has 1 spiro atoms. The molecule has 0 amide bonds. The predicted octanol–water partition coefficient (Wildman–Crippen LogP) is 12.5. The Kier molecular flexibility index (Phi) is 9.64. The van der Waals surface area contributed by atoms with Gasteiger partial charge in [-0.1, -0.05) is 41.5 Å². The molecule has 54 heavy (non-hydrogen) atoms. The molecule has 2 nitrogen and oxygen atoms in total. The van der Waals surface area contributed by atoms with Crippen molar-refractivity contribution in [3.8, 4) is 0 Å². The van der Waals surface area contributed by atoms with Crippen LogP contribution in [0.2, 0.25) is 0 Å². The predicted molar refractivity (Wildman–Crippen MR) is 230 cm³/mol. The first-order chi connectivity index (χ1) is 25.0. The molecule has 5 aliphatic rings. The molecule has 0 aromatic heterocycles. The van der Waals surface area contributed by atoms with Gasteiger partial charge < -0.3 is 0 Å². The van der Waals surface area contributed by atoms with Gasteiger partial charge in [0, 0.05) is 6.54 Å². The maximum atomic E-state index is 3.03. The van der Waals surface area contributed by atoms with Gasteiger partial charge in [-0.25, -0.2) is 0 Å². The normalized spacial score (nSPS) is 34.3. The van der Waals surface area contributed by atoms with E-state index in [4.69, 9.17) is 0 Å². The Labute approximate surface area is 344 Å². The topological polar surface area (TPSA) is 6.48 Å². The molecule has 2 aromatic carbocycles. The molecule has 3 fully saturated rings. The van der Waals surface area contributed by atoms with Crippen molar-refractivity contribution in [2.24, 2.45) is 44.8 Å². The number of anilines is 1. The Morgan fingerprint density at radius 3 is 2.19 bits per heavy atom. The second kappa shape index (κ2) is 12.8. The summed E-state index contributed by atoms with van der Waals surface area (Å²) in [5.41, 5.74) is 13.3. The summed E-state index contributed by atoms with van der Waals surface area (Å²) in [6.45, 7) is 43.7. The minimum atomic E-state index is -0.142. The van der Waals surface area contributed by atoms with E-state index in [0.717, 1.165) is 18.8 Å². The van der Waals surface area contributed by atoms with Crippen molar-refractivity contribution in [3.63, 3.8) is 0 Å². The third-order valence-corrected chi connectivity index (χ3v) is 20.8. The second-order valence-corrected chi connectivity index (χ2v) is 22.7. The molecule has 0 radical (unpaired) electrons. The minimum absolute atomic E-state index is 0.0496. The van der Waals surface area contributed by atoms with Crippen LogP contribution in [0.25, 0.3) is 5.57 Å². The summed E-state index contributed by atoms with van der Waals surface area (Å²) < 4.78 is 2.52. The summed E-state index contributed by atoms with van der Waals surface area (Å²) in [4.78, 5) is 5.84. The van der Waals surface area contributed by atoms with Gasteiger partial charge in [-0.05, 0) is 24.2 Å². The summed E-state index contributed by atoms with van der Waals surface area (Å²) in [5.74, 6) is 2.45. The van der Waals surface area contributed by atoms with Gasteiger partial charge in [0.2, 0.25) is 0 Å². The molecule has 1 saturated carbocycles. The van der Waals surface area contributed by atoms with Crippen LogP contribution in [0.1, 0.15) is 163 Å². The molecule has 2 saturated heterocycles.